The molecule has 0 aliphatic rings. The number of rotatable bonds is 2. The van der Waals surface area contributed by atoms with Crippen LogP contribution in [0.3, 0.4) is 0 Å². The molecule has 0 saturated carbocycles. The third kappa shape index (κ3) is 1.96. The molecule has 5 heteroatoms. The smallest absolute Gasteiger partial charge is 0.239 e. The summed E-state index contributed by atoms with van der Waals surface area (Å²) in [5.74, 6) is 0.732. The fourth-order valence-electron chi connectivity index (χ4n) is 0.828. The summed E-state index contributed by atoms with van der Waals surface area (Å²) >= 11 is 6.83. The molecular weight excluding hydrogens is 208 g/mol. The highest BCUT2D eigenvalue weighted by molar-refractivity contribution is 7.08. The van der Waals surface area contributed by atoms with E-state index in [9.17, 15) is 0 Å². The van der Waals surface area contributed by atoms with Crippen LogP contribution in [0.25, 0.3) is 0 Å². The summed E-state index contributed by atoms with van der Waals surface area (Å²) in [5.41, 5.74) is 0. The van der Waals surface area contributed by atoms with E-state index in [1.807, 2.05) is 30.3 Å². The molecule has 2 rings (SSSR count). The lowest BCUT2D eigenvalue weighted by Crippen LogP contribution is -1.80. The monoisotopic (exact) mass is 212 g/mol. The van der Waals surface area contributed by atoms with Crippen molar-refractivity contribution in [2.45, 2.75) is 0 Å². The number of aromatic nitrogens is 2. The van der Waals surface area contributed by atoms with Crippen LogP contribution < -0.4 is 4.74 Å². The molecule has 1 heterocycles. The Morgan fingerprint density at radius 3 is 2.62 bits per heavy atom. The second-order valence-electron chi connectivity index (χ2n) is 2.27. The van der Waals surface area contributed by atoms with Gasteiger partial charge in [0.2, 0.25) is 10.2 Å². The molecule has 0 amide bonds. The molecule has 1 aromatic carbocycles. The summed E-state index contributed by atoms with van der Waals surface area (Å²) in [7, 11) is 0. The van der Waals surface area contributed by atoms with Crippen LogP contribution in [0, 0.1) is 0 Å². The van der Waals surface area contributed by atoms with Crippen LogP contribution in [-0.4, -0.2) is 9.59 Å². The zero-order valence-corrected chi connectivity index (χ0v) is 8.05. The van der Waals surface area contributed by atoms with Gasteiger partial charge in [-0.3, -0.25) is 0 Å². The molecular formula is C8H5ClN2OS. The fourth-order valence-corrected chi connectivity index (χ4v) is 1.50. The van der Waals surface area contributed by atoms with E-state index in [2.05, 4.69) is 9.59 Å². The van der Waals surface area contributed by atoms with Gasteiger partial charge in [-0.15, -0.1) is 5.10 Å². The first-order valence-electron chi connectivity index (χ1n) is 3.57. The SMILES string of the molecule is Clc1nnsc1Oc1ccccc1. The van der Waals surface area contributed by atoms with E-state index in [0.717, 1.165) is 17.3 Å². The standard InChI is InChI=1S/C8H5ClN2OS/c9-7-8(13-11-10-7)12-6-4-2-1-3-5-6/h1-5H. The zero-order valence-electron chi connectivity index (χ0n) is 6.48. The van der Waals surface area contributed by atoms with Gasteiger partial charge in [-0.05, 0) is 12.1 Å². The number of halogens is 1. The van der Waals surface area contributed by atoms with Crippen molar-refractivity contribution < 1.29 is 4.74 Å². The second kappa shape index (κ2) is 3.72. The highest BCUT2D eigenvalue weighted by Gasteiger charge is 2.06. The minimum atomic E-state index is 0.300. The second-order valence-corrected chi connectivity index (χ2v) is 3.34. The minimum absolute atomic E-state index is 0.300. The molecule has 0 spiro atoms. The topological polar surface area (TPSA) is 35.0 Å². The van der Waals surface area contributed by atoms with Gasteiger partial charge in [0.15, 0.2) is 0 Å². The van der Waals surface area contributed by atoms with E-state index in [1.165, 1.54) is 0 Å². The Balaban J connectivity index is 2.20. The Hall–Kier alpha value is -1.13. The lowest BCUT2D eigenvalue weighted by molar-refractivity contribution is 0.495. The average molecular weight is 213 g/mol. The average Bonchev–Trinajstić information content (AvgIpc) is 2.54. The van der Waals surface area contributed by atoms with E-state index in [-0.39, 0.29) is 0 Å². The van der Waals surface area contributed by atoms with Crippen molar-refractivity contribution in [3.63, 3.8) is 0 Å². The molecule has 3 nitrogen and oxygen atoms in total. The maximum absolute atomic E-state index is 5.70. The van der Waals surface area contributed by atoms with Gasteiger partial charge >= 0.3 is 0 Å². The van der Waals surface area contributed by atoms with E-state index in [0.29, 0.717) is 10.2 Å². The largest absolute Gasteiger partial charge is 0.442 e. The van der Waals surface area contributed by atoms with Gasteiger partial charge in [-0.25, -0.2) is 0 Å². The number of hydrogen-bond acceptors (Lipinski definition) is 4. The van der Waals surface area contributed by atoms with Crippen LogP contribution in [0.1, 0.15) is 0 Å². The van der Waals surface area contributed by atoms with Crippen molar-refractivity contribution in [3.8, 4) is 10.8 Å². The Bertz CT molecular complexity index is 390. The Morgan fingerprint density at radius 1 is 1.23 bits per heavy atom. The van der Waals surface area contributed by atoms with Gasteiger partial charge in [0, 0.05) is 11.5 Å². The lowest BCUT2D eigenvalue weighted by atomic mass is 10.3. The quantitative estimate of drug-likeness (QED) is 0.768. The molecule has 2 aromatic rings. The van der Waals surface area contributed by atoms with Crippen LogP contribution in [-0.2, 0) is 0 Å². The van der Waals surface area contributed by atoms with Crippen molar-refractivity contribution >= 4 is 23.1 Å². The van der Waals surface area contributed by atoms with Crippen molar-refractivity contribution in [2.75, 3.05) is 0 Å². The molecule has 0 N–H and O–H groups in total. The first-order chi connectivity index (χ1) is 6.36. The number of hydrogen-bond donors (Lipinski definition) is 0. The fraction of sp³-hybridized carbons (Fsp3) is 0. The predicted molar refractivity (Wildman–Crippen MR) is 51.4 cm³/mol. The predicted octanol–water partition coefficient (Wildman–Crippen LogP) is 2.98. The first-order valence-corrected chi connectivity index (χ1v) is 4.72. The van der Waals surface area contributed by atoms with Crippen molar-refractivity contribution in [3.05, 3.63) is 35.5 Å². The molecule has 0 unspecified atom stereocenters. The van der Waals surface area contributed by atoms with Gasteiger partial charge < -0.3 is 4.74 Å². The summed E-state index contributed by atoms with van der Waals surface area (Å²) in [4.78, 5) is 0. The molecule has 66 valence electrons. The van der Waals surface area contributed by atoms with Crippen LogP contribution in [0.5, 0.6) is 10.8 Å². The van der Waals surface area contributed by atoms with Crippen molar-refractivity contribution in [1.29, 1.82) is 0 Å². The molecule has 0 bridgehead atoms. The number of ether oxygens (including phenoxy) is 1. The first kappa shape index (κ1) is 8.47. The van der Waals surface area contributed by atoms with Crippen molar-refractivity contribution in [1.82, 2.24) is 9.59 Å². The van der Waals surface area contributed by atoms with E-state index < -0.39 is 0 Å². The van der Waals surface area contributed by atoms with Gasteiger partial charge in [0.25, 0.3) is 0 Å². The van der Waals surface area contributed by atoms with E-state index in [4.69, 9.17) is 16.3 Å². The molecule has 0 radical (unpaired) electrons. The number of para-hydroxylation sites is 1. The van der Waals surface area contributed by atoms with Crippen molar-refractivity contribution in [2.24, 2.45) is 0 Å². The molecule has 0 aliphatic carbocycles. The Kier molecular flexibility index (Phi) is 2.42. The number of benzene rings is 1. The zero-order chi connectivity index (χ0) is 9.10. The molecule has 0 atom stereocenters. The summed E-state index contributed by atoms with van der Waals surface area (Å²) < 4.78 is 9.06. The molecule has 0 saturated heterocycles. The molecule has 0 aliphatic heterocycles. The highest BCUT2D eigenvalue weighted by Crippen LogP contribution is 2.30. The Morgan fingerprint density at radius 2 is 2.00 bits per heavy atom. The van der Waals surface area contributed by atoms with Gasteiger partial charge in [0.05, 0.1) is 0 Å². The third-order valence-electron chi connectivity index (χ3n) is 1.37. The number of nitrogens with zero attached hydrogens (tertiary/aromatic N) is 2. The summed E-state index contributed by atoms with van der Waals surface area (Å²) in [6.07, 6.45) is 0. The van der Waals surface area contributed by atoms with E-state index in [1.54, 1.807) is 0 Å². The molecule has 0 fully saturated rings. The molecule has 1 aromatic heterocycles. The summed E-state index contributed by atoms with van der Waals surface area (Å²) in [5, 5.41) is 4.44. The van der Waals surface area contributed by atoms with Gasteiger partial charge in [0.1, 0.15) is 5.75 Å². The maximum Gasteiger partial charge on any atom is 0.239 e. The lowest BCUT2D eigenvalue weighted by Gasteiger charge is -1.99. The van der Waals surface area contributed by atoms with Gasteiger partial charge in [-0.2, -0.15) is 0 Å². The maximum atomic E-state index is 5.70. The van der Waals surface area contributed by atoms with Crippen LogP contribution in [0.4, 0.5) is 0 Å². The highest BCUT2D eigenvalue weighted by atomic mass is 35.5. The van der Waals surface area contributed by atoms with Crippen LogP contribution in [0.15, 0.2) is 30.3 Å². The normalized spacial score (nSPS) is 9.92. The van der Waals surface area contributed by atoms with Gasteiger partial charge in [-0.1, -0.05) is 34.3 Å². The van der Waals surface area contributed by atoms with E-state index >= 15 is 0 Å². The summed E-state index contributed by atoms with van der Waals surface area (Å²) in [6, 6.07) is 9.38. The summed E-state index contributed by atoms with van der Waals surface area (Å²) in [6.45, 7) is 0. The van der Waals surface area contributed by atoms with Crippen LogP contribution in [0.2, 0.25) is 5.15 Å². The minimum Gasteiger partial charge on any atom is -0.442 e. The molecule has 13 heavy (non-hydrogen) atoms. The third-order valence-corrected chi connectivity index (χ3v) is 2.34. The van der Waals surface area contributed by atoms with Crippen LogP contribution >= 0.6 is 23.1 Å². The Labute approximate surface area is 84.1 Å².